The lowest BCUT2D eigenvalue weighted by atomic mass is 10.0. The van der Waals surface area contributed by atoms with E-state index in [0.717, 1.165) is 15.9 Å². The van der Waals surface area contributed by atoms with Gasteiger partial charge in [0.25, 0.3) is 0 Å². The van der Waals surface area contributed by atoms with Crippen molar-refractivity contribution in [2.75, 3.05) is 7.05 Å². The molecule has 5 heteroatoms. The van der Waals surface area contributed by atoms with Crippen LogP contribution in [-0.2, 0) is 5.54 Å². The molecule has 2 rings (SSSR count). The smallest absolute Gasteiger partial charge is 0.0995 e. The highest BCUT2D eigenvalue weighted by molar-refractivity contribution is 9.10. The minimum atomic E-state index is -0.168. The fourth-order valence-electron chi connectivity index (χ4n) is 1.75. The minimum absolute atomic E-state index is 0.168. The molecule has 0 saturated heterocycles. The molecule has 0 aliphatic rings. The van der Waals surface area contributed by atoms with Crippen LogP contribution in [-0.4, -0.2) is 16.6 Å². The largest absolute Gasteiger partial charge is 0.310 e. The summed E-state index contributed by atoms with van der Waals surface area (Å²) in [6, 6.07) is 5.71. The number of aromatic nitrogens is 2. The maximum atomic E-state index is 6.06. The summed E-state index contributed by atoms with van der Waals surface area (Å²) < 4.78 is 3.02. The minimum Gasteiger partial charge on any atom is -0.310 e. The number of imidazole rings is 1. The van der Waals surface area contributed by atoms with Gasteiger partial charge >= 0.3 is 0 Å². The molecule has 0 aliphatic heterocycles. The van der Waals surface area contributed by atoms with Gasteiger partial charge in [0.05, 0.1) is 29.4 Å². The molecule has 2 aromatic rings. The maximum Gasteiger partial charge on any atom is 0.0995 e. The molecule has 1 aromatic heterocycles. The molecule has 1 aromatic carbocycles. The van der Waals surface area contributed by atoms with E-state index in [0.29, 0.717) is 5.02 Å². The number of nitrogens with one attached hydrogen (secondary N) is 1. The third-order valence-electron chi connectivity index (χ3n) is 3.07. The van der Waals surface area contributed by atoms with Crippen LogP contribution in [0.5, 0.6) is 0 Å². The third kappa shape index (κ3) is 2.46. The molecule has 0 atom stereocenters. The Balaban J connectivity index is 2.59. The van der Waals surface area contributed by atoms with Gasteiger partial charge in [0.2, 0.25) is 0 Å². The van der Waals surface area contributed by atoms with Crippen LogP contribution in [0.2, 0.25) is 5.02 Å². The molecule has 0 unspecified atom stereocenters. The van der Waals surface area contributed by atoms with Crippen molar-refractivity contribution in [3.05, 3.63) is 45.9 Å². The average Bonchev–Trinajstić information content (AvgIpc) is 2.82. The topological polar surface area (TPSA) is 29.9 Å². The summed E-state index contributed by atoms with van der Waals surface area (Å²) in [6.07, 6.45) is 3.66. The quantitative estimate of drug-likeness (QED) is 0.930. The van der Waals surface area contributed by atoms with Crippen LogP contribution in [0.1, 0.15) is 19.5 Å². The Bertz CT molecular complexity index is 563. The first-order valence-corrected chi connectivity index (χ1v) is 6.80. The van der Waals surface area contributed by atoms with Crippen molar-refractivity contribution in [2.24, 2.45) is 0 Å². The predicted octanol–water partition coefficient (Wildman–Crippen LogP) is 3.74. The van der Waals surface area contributed by atoms with E-state index in [9.17, 15) is 0 Å². The Morgan fingerprint density at radius 1 is 1.39 bits per heavy atom. The lowest BCUT2D eigenvalue weighted by Gasteiger charge is -2.25. The highest BCUT2D eigenvalue weighted by Crippen LogP contribution is 2.29. The van der Waals surface area contributed by atoms with E-state index in [4.69, 9.17) is 11.6 Å². The standard InChI is InChI=1S/C13H15BrClN3/c1-13(2,16-3)12-7-17-8-18(12)11-6-9(15)4-5-10(11)14/h4-8,16H,1-3H3. The monoisotopic (exact) mass is 327 g/mol. The fourth-order valence-corrected chi connectivity index (χ4v) is 2.35. The molecule has 0 fully saturated rings. The number of benzene rings is 1. The Morgan fingerprint density at radius 2 is 2.11 bits per heavy atom. The van der Waals surface area contributed by atoms with E-state index in [-0.39, 0.29) is 5.54 Å². The highest BCUT2D eigenvalue weighted by Gasteiger charge is 2.23. The van der Waals surface area contributed by atoms with Gasteiger partial charge in [-0.3, -0.25) is 0 Å². The molecule has 96 valence electrons. The number of nitrogens with zero attached hydrogens (tertiary/aromatic N) is 2. The Hall–Kier alpha value is -0.840. The van der Waals surface area contributed by atoms with Crippen molar-refractivity contribution < 1.29 is 0 Å². The lowest BCUT2D eigenvalue weighted by molar-refractivity contribution is 0.424. The zero-order valence-electron chi connectivity index (χ0n) is 10.5. The summed E-state index contributed by atoms with van der Waals surface area (Å²) in [5.74, 6) is 0. The molecule has 1 N–H and O–H groups in total. The summed E-state index contributed by atoms with van der Waals surface area (Å²) in [5, 5.41) is 3.98. The summed E-state index contributed by atoms with van der Waals surface area (Å²) in [4.78, 5) is 4.24. The summed E-state index contributed by atoms with van der Waals surface area (Å²) in [5.41, 5.74) is 1.89. The first-order valence-electron chi connectivity index (χ1n) is 5.63. The highest BCUT2D eigenvalue weighted by atomic mass is 79.9. The first kappa shape index (κ1) is 13.6. The van der Waals surface area contributed by atoms with E-state index < -0.39 is 0 Å². The molecular formula is C13H15BrClN3. The second kappa shape index (κ2) is 5.03. The van der Waals surface area contributed by atoms with Crippen molar-refractivity contribution in [1.29, 1.82) is 0 Å². The Morgan fingerprint density at radius 3 is 2.78 bits per heavy atom. The zero-order valence-corrected chi connectivity index (χ0v) is 12.9. The third-order valence-corrected chi connectivity index (χ3v) is 3.98. The lowest BCUT2D eigenvalue weighted by Crippen LogP contribution is -2.35. The van der Waals surface area contributed by atoms with Crippen molar-refractivity contribution in [3.8, 4) is 5.69 Å². The van der Waals surface area contributed by atoms with Crippen molar-refractivity contribution >= 4 is 27.5 Å². The van der Waals surface area contributed by atoms with E-state index in [1.165, 1.54) is 0 Å². The van der Waals surface area contributed by atoms with Gasteiger partial charge in [-0.05, 0) is 55.0 Å². The number of hydrogen-bond donors (Lipinski definition) is 1. The van der Waals surface area contributed by atoms with Gasteiger partial charge in [0, 0.05) is 9.50 Å². The number of halogens is 2. The molecule has 1 heterocycles. The van der Waals surface area contributed by atoms with Gasteiger partial charge in [0.1, 0.15) is 0 Å². The van der Waals surface area contributed by atoms with E-state index in [1.54, 1.807) is 6.33 Å². The zero-order chi connectivity index (χ0) is 13.3. The van der Waals surface area contributed by atoms with E-state index >= 15 is 0 Å². The molecule has 0 spiro atoms. The van der Waals surface area contributed by atoms with Crippen LogP contribution >= 0.6 is 27.5 Å². The molecule has 0 aliphatic carbocycles. The van der Waals surface area contributed by atoms with Crippen LogP contribution in [0.3, 0.4) is 0 Å². The number of hydrogen-bond acceptors (Lipinski definition) is 2. The normalized spacial score (nSPS) is 11.8. The molecule has 18 heavy (non-hydrogen) atoms. The van der Waals surface area contributed by atoms with Crippen LogP contribution in [0, 0.1) is 0 Å². The molecule has 0 saturated carbocycles. The van der Waals surface area contributed by atoms with Gasteiger partial charge < -0.3 is 9.88 Å². The van der Waals surface area contributed by atoms with E-state index in [2.05, 4.69) is 40.1 Å². The van der Waals surface area contributed by atoms with Gasteiger partial charge in [-0.2, -0.15) is 0 Å². The van der Waals surface area contributed by atoms with Crippen LogP contribution < -0.4 is 5.32 Å². The second-order valence-corrected chi connectivity index (χ2v) is 5.91. The SMILES string of the molecule is CNC(C)(C)c1cncn1-c1cc(Cl)ccc1Br. The fraction of sp³-hybridized carbons (Fsp3) is 0.308. The molecular weight excluding hydrogens is 314 g/mol. The molecule has 3 nitrogen and oxygen atoms in total. The van der Waals surface area contributed by atoms with Crippen molar-refractivity contribution in [1.82, 2.24) is 14.9 Å². The first-order chi connectivity index (χ1) is 8.45. The van der Waals surface area contributed by atoms with Gasteiger partial charge in [-0.15, -0.1) is 0 Å². The van der Waals surface area contributed by atoms with Crippen molar-refractivity contribution in [2.45, 2.75) is 19.4 Å². The average molecular weight is 329 g/mol. The van der Waals surface area contributed by atoms with Crippen LogP contribution in [0.4, 0.5) is 0 Å². The Kier molecular flexibility index (Phi) is 3.80. The summed E-state index contributed by atoms with van der Waals surface area (Å²) in [6.45, 7) is 4.22. The summed E-state index contributed by atoms with van der Waals surface area (Å²) in [7, 11) is 1.93. The molecule has 0 amide bonds. The maximum absolute atomic E-state index is 6.06. The number of rotatable bonds is 3. The Labute approximate surface area is 120 Å². The molecule has 0 bridgehead atoms. The van der Waals surface area contributed by atoms with Crippen molar-refractivity contribution in [3.63, 3.8) is 0 Å². The molecule has 0 radical (unpaired) electrons. The van der Waals surface area contributed by atoms with Gasteiger partial charge in [0.15, 0.2) is 0 Å². The predicted molar refractivity (Wildman–Crippen MR) is 78.4 cm³/mol. The van der Waals surface area contributed by atoms with Gasteiger partial charge in [-0.25, -0.2) is 4.98 Å². The summed E-state index contributed by atoms with van der Waals surface area (Å²) >= 11 is 9.61. The second-order valence-electron chi connectivity index (χ2n) is 4.62. The van der Waals surface area contributed by atoms with Crippen LogP contribution in [0.15, 0.2) is 35.2 Å². The van der Waals surface area contributed by atoms with Crippen LogP contribution in [0.25, 0.3) is 5.69 Å². The van der Waals surface area contributed by atoms with E-state index in [1.807, 2.05) is 36.0 Å². The van der Waals surface area contributed by atoms with Gasteiger partial charge in [-0.1, -0.05) is 11.6 Å².